The SMILES string of the molecule is CCCCCCCCOC(=O)CCc1cc(-n2nc3ccccc3n2)ccc1C(C)(C)CO. The number of aryl methyl sites for hydroxylation is 1. The van der Waals surface area contributed by atoms with Gasteiger partial charge in [-0.1, -0.05) is 71.1 Å². The van der Waals surface area contributed by atoms with E-state index in [0.29, 0.717) is 19.4 Å². The molecule has 0 aliphatic carbocycles. The maximum Gasteiger partial charge on any atom is 0.306 e. The van der Waals surface area contributed by atoms with Gasteiger partial charge >= 0.3 is 5.97 Å². The van der Waals surface area contributed by atoms with Crippen LogP contribution in [0.3, 0.4) is 0 Å². The summed E-state index contributed by atoms with van der Waals surface area (Å²) < 4.78 is 5.46. The van der Waals surface area contributed by atoms with Gasteiger partial charge in [-0.25, -0.2) is 0 Å². The Balaban J connectivity index is 1.67. The Morgan fingerprint density at radius 1 is 1.00 bits per heavy atom. The summed E-state index contributed by atoms with van der Waals surface area (Å²) in [7, 11) is 0. The number of unbranched alkanes of at least 4 members (excludes halogenated alkanes) is 5. The molecule has 0 saturated heterocycles. The molecule has 33 heavy (non-hydrogen) atoms. The maximum absolute atomic E-state index is 12.4. The standard InChI is InChI=1S/C27H37N3O3/c1-4-5-6-7-8-11-18-33-26(32)17-14-21-19-22(15-16-23(21)27(2,3)20-31)30-28-24-12-9-10-13-25(24)29-30/h9-10,12-13,15-16,19,31H,4-8,11,14,17-18,20H2,1-3H3. The highest BCUT2D eigenvalue weighted by Gasteiger charge is 2.24. The first-order valence-corrected chi connectivity index (χ1v) is 12.2. The van der Waals surface area contributed by atoms with Crippen LogP contribution in [0, 0.1) is 0 Å². The lowest BCUT2D eigenvalue weighted by Gasteiger charge is -2.26. The molecule has 3 rings (SSSR count). The minimum atomic E-state index is -0.418. The molecule has 178 valence electrons. The zero-order valence-corrected chi connectivity index (χ0v) is 20.2. The minimum Gasteiger partial charge on any atom is -0.466 e. The number of benzene rings is 2. The van der Waals surface area contributed by atoms with Gasteiger partial charge in [-0.05, 0) is 48.2 Å². The van der Waals surface area contributed by atoms with E-state index in [4.69, 9.17) is 4.74 Å². The largest absolute Gasteiger partial charge is 0.466 e. The van der Waals surface area contributed by atoms with E-state index in [1.807, 2.05) is 56.3 Å². The molecule has 0 aliphatic rings. The van der Waals surface area contributed by atoms with Crippen LogP contribution < -0.4 is 0 Å². The summed E-state index contributed by atoms with van der Waals surface area (Å²) >= 11 is 0. The van der Waals surface area contributed by atoms with Crippen molar-refractivity contribution in [2.45, 2.75) is 77.6 Å². The third-order valence-corrected chi connectivity index (χ3v) is 6.09. The van der Waals surface area contributed by atoms with E-state index < -0.39 is 5.41 Å². The van der Waals surface area contributed by atoms with Gasteiger partial charge in [-0.15, -0.1) is 10.2 Å². The lowest BCUT2D eigenvalue weighted by atomic mass is 9.81. The van der Waals surface area contributed by atoms with Crippen LogP contribution in [0.15, 0.2) is 42.5 Å². The fourth-order valence-electron chi connectivity index (χ4n) is 4.01. The summed E-state index contributed by atoms with van der Waals surface area (Å²) in [5.74, 6) is -0.176. The number of fused-ring (bicyclic) bond motifs is 1. The van der Waals surface area contributed by atoms with Gasteiger partial charge in [0.15, 0.2) is 0 Å². The molecule has 0 atom stereocenters. The zero-order chi connectivity index (χ0) is 23.7. The van der Waals surface area contributed by atoms with E-state index in [-0.39, 0.29) is 12.6 Å². The third-order valence-electron chi connectivity index (χ3n) is 6.09. The van der Waals surface area contributed by atoms with Gasteiger partial charge in [-0.3, -0.25) is 4.79 Å². The van der Waals surface area contributed by atoms with Gasteiger partial charge in [0.1, 0.15) is 11.0 Å². The molecular weight excluding hydrogens is 414 g/mol. The molecule has 0 spiro atoms. The van der Waals surface area contributed by atoms with Gasteiger partial charge in [-0.2, -0.15) is 4.80 Å². The van der Waals surface area contributed by atoms with Crippen LogP contribution in [0.1, 0.15) is 76.8 Å². The van der Waals surface area contributed by atoms with Crippen LogP contribution in [-0.2, 0) is 21.4 Å². The summed E-state index contributed by atoms with van der Waals surface area (Å²) in [4.78, 5) is 14.0. The fraction of sp³-hybridized carbons (Fsp3) is 0.519. The van der Waals surface area contributed by atoms with Crippen molar-refractivity contribution < 1.29 is 14.6 Å². The van der Waals surface area contributed by atoms with Crippen LogP contribution >= 0.6 is 0 Å². The van der Waals surface area contributed by atoms with Crippen molar-refractivity contribution in [2.75, 3.05) is 13.2 Å². The van der Waals surface area contributed by atoms with Crippen molar-refractivity contribution in [3.8, 4) is 5.69 Å². The molecular formula is C27H37N3O3. The van der Waals surface area contributed by atoms with Crippen LogP contribution in [0.4, 0.5) is 0 Å². The summed E-state index contributed by atoms with van der Waals surface area (Å²) in [5, 5.41) is 19.1. The number of hydrogen-bond acceptors (Lipinski definition) is 5. The summed E-state index contributed by atoms with van der Waals surface area (Å²) in [6, 6.07) is 13.7. The number of esters is 1. The third kappa shape index (κ3) is 6.87. The van der Waals surface area contributed by atoms with E-state index in [1.54, 1.807) is 4.80 Å². The molecule has 6 heteroatoms. The smallest absolute Gasteiger partial charge is 0.306 e. The number of carbonyl (C=O) groups excluding carboxylic acids is 1. The molecule has 1 heterocycles. The van der Waals surface area contributed by atoms with Crippen molar-refractivity contribution >= 4 is 17.0 Å². The van der Waals surface area contributed by atoms with E-state index in [2.05, 4.69) is 17.1 Å². The predicted molar refractivity (Wildman–Crippen MR) is 132 cm³/mol. The van der Waals surface area contributed by atoms with Crippen molar-refractivity contribution in [3.63, 3.8) is 0 Å². The molecule has 1 aromatic heterocycles. The highest BCUT2D eigenvalue weighted by molar-refractivity contribution is 5.73. The number of aliphatic hydroxyl groups is 1. The zero-order valence-electron chi connectivity index (χ0n) is 20.2. The predicted octanol–water partition coefficient (Wildman–Crippen LogP) is 5.53. The highest BCUT2D eigenvalue weighted by atomic mass is 16.5. The monoisotopic (exact) mass is 451 g/mol. The first-order valence-electron chi connectivity index (χ1n) is 12.2. The number of aromatic nitrogens is 3. The summed E-state index contributed by atoms with van der Waals surface area (Å²) in [6.07, 6.45) is 7.85. The second kappa shape index (κ2) is 11.9. The number of ether oxygens (including phenoxy) is 1. The Morgan fingerprint density at radius 2 is 1.67 bits per heavy atom. The average molecular weight is 452 g/mol. The Morgan fingerprint density at radius 3 is 2.33 bits per heavy atom. The molecule has 0 fully saturated rings. The average Bonchev–Trinajstić information content (AvgIpc) is 3.26. The van der Waals surface area contributed by atoms with Gasteiger partial charge < -0.3 is 9.84 Å². The normalized spacial score (nSPS) is 11.8. The van der Waals surface area contributed by atoms with Crippen molar-refractivity contribution in [1.82, 2.24) is 15.0 Å². The van der Waals surface area contributed by atoms with Gasteiger partial charge in [0.05, 0.1) is 18.9 Å². The van der Waals surface area contributed by atoms with Gasteiger partial charge in [0, 0.05) is 11.8 Å². The van der Waals surface area contributed by atoms with Crippen molar-refractivity contribution in [1.29, 1.82) is 0 Å². The summed E-state index contributed by atoms with van der Waals surface area (Å²) in [6.45, 7) is 6.72. The molecule has 0 bridgehead atoms. The first-order chi connectivity index (χ1) is 15.9. The highest BCUT2D eigenvalue weighted by Crippen LogP contribution is 2.29. The van der Waals surface area contributed by atoms with Crippen molar-refractivity contribution in [2.24, 2.45) is 0 Å². The van der Waals surface area contributed by atoms with Gasteiger partial charge in [0.2, 0.25) is 0 Å². The molecule has 0 radical (unpaired) electrons. The Bertz CT molecular complexity index is 1010. The van der Waals surface area contributed by atoms with Crippen LogP contribution in [-0.4, -0.2) is 39.3 Å². The lowest BCUT2D eigenvalue weighted by molar-refractivity contribution is -0.143. The van der Waals surface area contributed by atoms with E-state index in [1.165, 1.54) is 25.7 Å². The Kier molecular flexibility index (Phi) is 9.01. The molecule has 1 N–H and O–H groups in total. The maximum atomic E-state index is 12.4. The van der Waals surface area contributed by atoms with E-state index in [9.17, 15) is 9.90 Å². The molecule has 2 aromatic carbocycles. The number of aliphatic hydroxyl groups excluding tert-OH is 1. The molecule has 0 saturated carbocycles. The van der Waals surface area contributed by atoms with Crippen LogP contribution in [0.5, 0.6) is 0 Å². The second-order valence-corrected chi connectivity index (χ2v) is 9.35. The quantitative estimate of drug-likeness (QED) is 0.273. The Hall–Kier alpha value is -2.73. The molecule has 0 aliphatic heterocycles. The lowest BCUT2D eigenvalue weighted by Crippen LogP contribution is -2.24. The van der Waals surface area contributed by atoms with Gasteiger partial charge in [0.25, 0.3) is 0 Å². The van der Waals surface area contributed by atoms with E-state index >= 15 is 0 Å². The molecule has 3 aromatic rings. The first kappa shape index (κ1) is 24.9. The molecule has 6 nitrogen and oxygen atoms in total. The number of rotatable bonds is 13. The van der Waals surface area contributed by atoms with E-state index in [0.717, 1.165) is 40.7 Å². The molecule has 0 unspecified atom stereocenters. The number of carbonyl (C=O) groups is 1. The topological polar surface area (TPSA) is 77.2 Å². The van der Waals surface area contributed by atoms with Crippen LogP contribution in [0.2, 0.25) is 0 Å². The second-order valence-electron chi connectivity index (χ2n) is 9.35. The summed E-state index contributed by atoms with van der Waals surface area (Å²) in [5.41, 5.74) is 4.10. The number of hydrogen-bond donors (Lipinski definition) is 1. The molecule has 0 amide bonds. The minimum absolute atomic E-state index is 0.0196. The van der Waals surface area contributed by atoms with Crippen LogP contribution in [0.25, 0.3) is 16.7 Å². The van der Waals surface area contributed by atoms with Crippen molar-refractivity contribution in [3.05, 3.63) is 53.6 Å². The fourth-order valence-corrected chi connectivity index (χ4v) is 4.01. The number of nitrogens with zero attached hydrogens (tertiary/aromatic N) is 3. The Labute approximate surface area is 197 Å².